The summed E-state index contributed by atoms with van der Waals surface area (Å²) in [4.78, 5) is 22.8. The summed E-state index contributed by atoms with van der Waals surface area (Å²) in [5, 5.41) is 2.35. The number of ether oxygens (including phenoxy) is 1. The van der Waals surface area contributed by atoms with Crippen molar-refractivity contribution in [3.05, 3.63) is 36.2 Å². The maximum absolute atomic E-state index is 13.9. The maximum Gasteiger partial charge on any atom is 0.241 e. The number of nitrogens with one attached hydrogen (secondary N) is 2. The average Bonchev–Trinajstić information content (AvgIpc) is 3.52. The number of rotatable bonds is 11. The fourth-order valence-electron chi connectivity index (χ4n) is 3.40. The Hall–Kier alpha value is -2.26. The smallest absolute Gasteiger partial charge is 0.241 e. The summed E-state index contributed by atoms with van der Waals surface area (Å²) in [6, 6.07) is 3.09. The van der Waals surface area contributed by atoms with E-state index in [1.54, 1.807) is 13.0 Å². The van der Waals surface area contributed by atoms with Gasteiger partial charge in [-0.2, -0.15) is 0 Å². The summed E-state index contributed by atoms with van der Waals surface area (Å²) in [7, 11) is -3.83. The van der Waals surface area contributed by atoms with Crippen LogP contribution in [0.5, 0.6) is 5.75 Å². The van der Waals surface area contributed by atoms with Crippen LogP contribution in [0.2, 0.25) is 0 Å². The predicted molar refractivity (Wildman–Crippen MR) is 113 cm³/mol. The van der Waals surface area contributed by atoms with E-state index in [1.165, 1.54) is 12.1 Å². The molecule has 1 saturated heterocycles. The van der Waals surface area contributed by atoms with Gasteiger partial charge in [0.15, 0.2) is 11.6 Å². The van der Waals surface area contributed by atoms with Crippen molar-refractivity contribution in [2.75, 3.05) is 6.61 Å². The summed E-state index contributed by atoms with van der Waals surface area (Å²) < 4.78 is 47.1. The highest BCUT2D eigenvalue weighted by molar-refractivity contribution is 7.89. The monoisotopic (exact) mass is 452 g/mol. The van der Waals surface area contributed by atoms with Gasteiger partial charge in [0.25, 0.3) is 0 Å². The predicted octanol–water partition coefficient (Wildman–Crippen LogP) is 3.06. The zero-order valence-corrected chi connectivity index (χ0v) is 18.4. The Bertz CT molecular complexity index is 943. The van der Waals surface area contributed by atoms with Gasteiger partial charge in [0, 0.05) is 24.4 Å². The number of amides is 2. The number of hydrogen-bond donors (Lipinski definition) is 2. The highest BCUT2D eigenvalue weighted by Crippen LogP contribution is 2.31. The molecule has 3 rings (SSSR count). The zero-order valence-electron chi connectivity index (χ0n) is 17.6. The minimum Gasteiger partial charge on any atom is -0.490 e. The van der Waals surface area contributed by atoms with Crippen LogP contribution < -0.4 is 14.8 Å². The lowest BCUT2D eigenvalue weighted by molar-refractivity contribution is -0.136. The van der Waals surface area contributed by atoms with Crippen molar-refractivity contribution >= 4 is 21.8 Å². The second kappa shape index (κ2) is 10.4. The van der Waals surface area contributed by atoms with Crippen LogP contribution in [0.15, 0.2) is 35.2 Å². The third-order valence-corrected chi connectivity index (χ3v) is 6.98. The first-order valence-corrected chi connectivity index (χ1v) is 12.2. The quantitative estimate of drug-likeness (QED) is 0.305. The van der Waals surface area contributed by atoms with E-state index in [2.05, 4.69) is 10.0 Å². The third kappa shape index (κ3) is 7.14. The van der Waals surface area contributed by atoms with Crippen molar-refractivity contribution in [3.8, 4) is 5.75 Å². The van der Waals surface area contributed by atoms with Crippen LogP contribution in [0.25, 0.3) is 0 Å². The average molecular weight is 453 g/mol. The van der Waals surface area contributed by atoms with Gasteiger partial charge in [-0.25, -0.2) is 17.5 Å². The van der Waals surface area contributed by atoms with Crippen LogP contribution in [0.4, 0.5) is 4.39 Å². The van der Waals surface area contributed by atoms with E-state index in [4.69, 9.17) is 4.74 Å². The van der Waals surface area contributed by atoms with Gasteiger partial charge in [-0.1, -0.05) is 12.2 Å². The molecule has 2 atom stereocenters. The Morgan fingerprint density at radius 2 is 2.06 bits per heavy atom. The van der Waals surface area contributed by atoms with Gasteiger partial charge in [0.05, 0.1) is 11.5 Å². The standard InChI is InChI=1S/C22H29FN2O5S/c1-15(5-3-2-4-6-17-9-12-21(26)24-22(17)27)25-31(28,29)18-10-11-19(23)20(13-18)30-14-16-7-8-16/h3,5,10-11,13,15-17,25H,2,4,6-9,12,14H2,1H3,(H,24,26,27)/b5-3+. The molecule has 0 radical (unpaired) electrons. The number of piperidine rings is 1. The Balaban J connectivity index is 1.46. The molecule has 1 aliphatic carbocycles. The molecule has 7 nitrogen and oxygen atoms in total. The molecular formula is C22H29FN2O5S. The minimum absolute atomic E-state index is 0.0437. The first-order valence-electron chi connectivity index (χ1n) is 10.7. The second-order valence-electron chi connectivity index (χ2n) is 8.26. The highest BCUT2D eigenvalue weighted by Gasteiger charge is 2.26. The molecule has 170 valence electrons. The molecular weight excluding hydrogens is 423 g/mol. The lowest BCUT2D eigenvalue weighted by atomic mass is 9.93. The van der Waals surface area contributed by atoms with Gasteiger partial charge in [0.1, 0.15) is 0 Å². The Morgan fingerprint density at radius 1 is 1.29 bits per heavy atom. The first-order chi connectivity index (χ1) is 14.7. The molecule has 1 aromatic carbocycles. The number of hydrogen-bond acceptors (Lipinski definition) is 5. The number of unbranched alkanes of at least 4 members (excludes halogenated alkanes) is 1. The largest absolute Gasteiger partial charge is 0.490 e. The zero-order chi connectivity index (χ0) is 22.4. The Labute approximate surface area is 182 Å². The molecule has 2 N–H and O–H groups in total. The number of sulfonamides is 1. The van der Waals surface area contributed by atoms with Crippen molar-refractivity contribution < 1.29 is 27.1 Å². The van der Waals surface area contributed by atoms with Crippen LogP contribution in [-0.2, 0) is 19.6 Å². The summed E-state index contributed by atoms with van der Waals surface area (Å²) in [6.45, 7) is 2.11. The normalized spacial score (nSPS) is 20.6. The second-order valence-corrected chi connectivity index (χ2v) is 9.98. The molecule has 0 bridgehead atoms. The van der Waals surface area contributed by atoms with E-state index in [0.717, 1.165) is 25.3 Å². The van der Waals surface area contributed by atoms with Crippen LogP contribution in [0.3, 0.4) is 0 Å². The van der Waals surface area contributed by atoms with Crippen LogP contribution >= 0.6 is 0 Å². The van der Waals surface area contributed by atoms with Crippen molar-refractivity contribution in [1.82, 2.24) is 10.0 Å². The van der Waals surface area contributed by atoms with Crippen molar-refractivity contribution in [2.24, 2.45) is 11.8 Å². The molecule has 0 spiro atoms. The molecule has 1 aromatic rings. The highest BCUT2D eigenvalue weighted by atomic mass is 32.2. The maximum atomic E-state index is 13.9. The fourth-order valence-corrected chi connectivity index (χ4v) is 4.62. The van der Waals surface area contributed by atoms with Crippen LogP contribution in [0.1, 0.15) is 51.9 Å². The van der Waals surface area contributed by atoms with E-state index >= 15 is 0 Å². The van der Waals surface area contributed by atoms with E-state index in [1.807, 2.05) is 6.08 Å². The summed E-state index contributed by atoms with van der Waals surface area (Å²) in [6.07, 6.45) is 8.82. The summed E-state index contributed by atoms with van der Waals surface area (Å²) in [5.74, 6) is -0.768. The van der Waals surface area contributed by atoms with Crippen LogP contribution in [-0.4, -0.2) is 32.9 Å². The van der Waals surface area contributed by atoms with Crippen molar-refractivity contribution in [3.63, 3.8) is 0 Å². The van der Waals surface area contributed by atoms with Crippen LogP contribution in [0, 0.1) is 17.7 Å². The van der Waals surface area contributed by atoms with Gasteiger partial charge in [0.2, 0.25) is 21.8 Å². The lowest BCUT2D eigenvalue weighted by Gasteiger charge is -2.20. The molecule has 1 heterocycles. The topological polar surface area (TPSA) is 102 Å². The number of imide groups is 1. The van der Waals surface area contributed by atoms with E-state index in [9.17, 15) is 22.4 Å². The van der Waals surface area contributed by atoms with E-state index in [0.29, 0.717) is 38.2 Å². The fraction of sp³-hybridized carbons (Fsp3) is 0.545. The first kappa shape index (κ1) is 23.4. The van der Waals surface area contributed by atoms with Crippen molar-refractivity contribution in [2.45, 2.75) is 62.8 Å². The van der Waals surface area contributed by atoms with E-state index in [-0.39, 0.29) is 28.4 Å². The number of carbonyl (C=O) groups is 2. The van der Waals surface area contributed by atoms with E-state index < -0.39 is 21.9 Å². The van der Waals surface area contributed by atoms with Gasteiger partial charge >= 0.3 is 0 Å². The molecule has 9 heteroatoms. The summed E-state index contributed by atoms with van der Waals surface area (Å²) in [5.41, 5.74) is 0. The molecule has 1 saturated carbocycles. The molecule has 0 aromatic heterocycles. The third-order valence-electron chi connectivity index (χ3n) is 5.43. The van der Waals surface area contributed by atoms with Gasteiger partial charge in [-0.3, -0.25) is 14.9 Å². The molecule has 2 fully saturated rings. The molecule has 1 aliphatic heterocycles. The van der Waals surface area contributed by atoms with Gasteiger partial charge in [-0.15, -0.1) is 0 Å². The number of allylic oxidation sites excluding steroid dienone is 1. The molecule has 31 heavy (non-hydrogen) atoms. The molecule has 2 amide bonds. The lowest BCUT2D eigenvalue weighted by Crippen LogP contribution is -2.40. The Kier molecular flexibility index (Phi) is 7.83. The number of halogens is 1. The summed E-state index contributed by atoms with van der Waals surface area (Å²) >= 11 is 0. The minimum atomic E-state index is -3.83. The van der Waals surface area contributed by atoms with Gasteiger partial charge < -0.3 is 4.74 Å². The van der Waals surface area contributed by atoms with Crippen molar-refractivity contribution in [1.29, 1.82) is 0 Å². The molecule has 2 unspecified atom stereocenters. The SMILES string of the molecule is CC(/C=C/CCCC1CCC(=O)NC1=O)NS(=O)(=O)c1ccc(F)c(OCC2CC2)c1. The number of carbonyl (C=O) groups excluding carboxylic acids is 2. The Morgan fingerprint density at radius 3 is 2.77 bits per heavy atom. The number of benzene rings is 1. The van der Waals surface area contributed by atoms with Gasteiger partial charge in [-0.05, 0) is 63.5 Å². The molecule has 2 aliphatic rings.